The summed E-state index contributed by atoms with van der Waals surface area (Å²) in [4.78, 5) is 14.0. The van der Waals surface area contributed by atoms with Gasteiger partial charge in [-0.15, -0.1) is 0 Å². The molecule has 0 aromatic carbocycles. The molecule has 1 heterocycles. The van der Waals surface area contributed by atoms with E-state index in [1.165, 1.54) is 6.42 Å². The molecule has 1 unspecified atom stereocenters. The summed E-state index contributed by atoms with van der Waals surface area (Å²) in [6.45, 7) is 5.01. The lowest BCUT2D eigenvalue weighted by Gasteiger charge is -2.35. The molecule has 0 aliphatic carbocycles. The van der Waals surface area contributed by atoms with E-state index in [0.717, 1.165) is 25.9 Å². The van der Waals surface area contributed by atoms with E-state index < -0.39 is 0 Å². The predicted octanol–water partition coefficient (Wildman–Crippen LogP) is 1.01. The average molecular weight is 228 g/mol. The number of piperidine rings is 1. The number of hydrogen-bond acceptors (Lipinski definition) is 3. The van der Waals surface area contributed by atoms with Gasteiger partial charge in [0.2, 0.25) is 5.91 Å². The lowest BCUT2D eigenvalue weighted by Crippen LogP contribution is -2.48. The van der Waals surface area contributed by atoms with Crippen LogP contribution in [0.2, 0.25) is 0 Å². The van der Waals surface area contributed by atoms with Crippen LogP contribution >= 0.6 is 0 Å². The molecule has 94 valence electrons. The SMILES string of the molecule is CCOCCC(=O)N1CCCCC1CNC. The van der Waals surface area contributed by atoms with Crippen molar-refractivity contribution in [2.24, 2.45) is 0 Å². The minimum Gasteiger partial charge on any atom is -0.381 e. The van der Waals surface area contributed by atoms with E-state index in [0.29, 0.717) is 25.7 Å². The van der Waals surface area contributed by atoms with Gasteiger partial charge in [0, 0.05) is 25.7 Å². The van der Waals surface area contributed by atoms with Crippen LogP contribution < -0.4 is 5.32 Å². The van der Waals surface area contributed by atoms with Crippen LogP contribution in [0.1, 0.15) is 32.6 Å². The summed E-state index contributed by atoms with van der Waals surface area (Å²) in [6, 6.07) is 0.382. The van der Waals surface area contributed by atoms with E-state index in [1.807, 2.05) is 18.9 Å². The molecule has 1 atom stereocenters. The van der Waals surface area contributed by atoms with Gasteiger partial charge in [-0.2, -0.15) is 0 Å². The van der Waals surface area contributed by atoms with Gasteiger partial charge in [0.25, 0.3) is 0 Å². The number of likely N-dealkylation sites (N-methyl/N-ethyl adjacent to an activating group) is 1. The van der Waals surface area contributed by atoms with E-state index >= 15 is 0 Å². The largest absolute Gasteiger partial charge is 0.381 e. The summed E-state index contributed by atoms with van der Waals surface area (Å²) in [6.07, 6.45) is 4.03. The molecule has 1 amide bonds. The number of carbonyl (C=O) groups excluding carboxylic acids is 1. The van der Waals surface area contributed by atoms with E-state index in [9.17, 15) is 4.79 Å². The molecule has 0 saturated carbocycles. The summed E-state index contributed by atoms with van der Waals surface area (Å²) in [5.74, 6) is 0.244. The Kier molecular flexibility index (Phi) is 6.42. The highest BCUT2D eigenvalue weighted by atomic mass is 16.5. The zero-order valence-electron chi connectivity index (χ0n) is 10.5. The number of rotatable bonds is 6. The van der Waals surface area contributed by atoms with Crippen molar-refractivity contribution in [1.82, 2.24) is 10.2 Å². The van der Waals surface area contributed by atoms with Crippen molar-refractivity contribution in [1.29, 1.82) is 0 Å². The first kappa shape index (κ1) is 13.5. The van der Waals surface area contributed by atoms with Crippen molar-refractivity contribution in [3.8, 4) is 0 Å². The van der Waals surface area contributed by atoms with Crippen LogP contribution in [0.5, 0.6) is 0 Å². The van der Waals surface area contributed by atoms with E-state index in [2.05, 4.69) is 5.32 Å². The smallest absolute Gasteiger partial charge is 0.225 e. The molecule has 0 spiro atoms. The Balaban J connectivity index is 2.37. The van der Waals surface area contributed by atoms with Crippen LogP contribution in [0.25, 0.3) is 0 Å². The van der Waals surface area contributed by atoms with Crippen molar-refractivity contribution in [2.75, 3.05) is 33.4 Å². The first-order valence-corrected chi connectivity index (χ1v) is 6.31. The van der Waals surface area contributed by atoms with Crippen LogP contribution in [-0.2, 0) is 9.53 Å². The molecule has 0 aromatic rings. The van der Waals surface area contributed by atoms with Crippen LogP contribution in [0.4, 0.5) is 0 Å². The lowest BCUT2D eigenvalue weighted by molar-refractivity contribution is -0.135. The third kappa shape index (κ3) is 4.10. The Labute approximate surface area is 98.3 Å². The number of likely N-dealkylation sites (tertiary alicyclic amines) is 1. The molecule has 0 aromatic heterocycles. The van der Waals surface area contributed by atoms with Gasteiger partial charge < -0.3 is 15.0 Å². The molecule has 0 radical (unpaired) electrons. The summed E-state index contributed by atoms with van der Waals surface area (Å²) in [7, 11) is 1.94. The minimum atomic E-state index is 0.244. The standard InChI is InChI=1S/C12H24N2O2/c1-3-16-9-7-12(15)14-8-5-4-6-11(14)10-13-2/h11,13H,3-10H2,1-2H3. The maximum Gasteiger partial charge on any atom is 0.225 e. The minimum absolute atomic E-state index is 0.244. The highest BCUT2D eigenvalue weighted by molar-refractivity contribution is 5.76. The fourth-order valence-corrected chi connectivity index (χ4v) is 2.22. The monoisotopic (exact) mass is 228 g/mol. The number of amides is 1. The number of nitrogens with zero attached hydrogens (tertiary/aromatic N) is 1. The van der Waals surface area contributed by atoms with E-state index in [-0.39, 0.29) is 5.91 Å². The Morgan fingerprint density at radius 3 is 3.00 bits per heavy atom. The molecule has 1 aliphatic heterocycles. The zero-order valence-corrected chi connectivity index (χ0v) is 10.5. The summed E-state index contributed by atoms with van der Waals surface area (Å²) in [5.41, 5.74) is 0. The molecular weight excluding hydrogens is 204 g/mol. The summed E-state index contributed by atoms with van der Waals surface area (Å²) >= 11 is 0. The highest BCUT2D eigenvalue weighted by Crippen LogP contribution is 2.17. The van der Waals surface area contributed by atoms with E-state index in [4.69, 9.17) is 4.74 Å². The predicted molar refractivity (Wildman–Crippen MR) is 64.4 cm³/mol. The second-order valence-electron chi connectivity index (χ2n) is 4.24. The highest BCUT2D eigenvalue weighted by Gasteiger charge is 2.25. The van der Waals surface area contributed by atoms with E-state index in [1.54, 1.807) is 0 Å². The van der Waals surface area contributed by atoms with Gasteiger partial charge in [-0.05, 0) is 33.2 Å². The van der Waals surface area contributed by atoms with Crippen molar-refractivity contribution < 1.29 is 9.53 Å². The Bertz CT molecular complexity index is 207. The molecular formula is C12H24N2O2. The third-order valence-corrected chi connectivity index (χ3v) is 3.05. The van der Waals surface area contributed by atoms with Crippen LogP contribution in [0, 0.1) is 0 Å². The van der Waals surface area contributed by atoms with Gasteiger partial charge in [0.05, 0.1) is 13.0 Å². The number of nitrogens with one attached hydrogen (secondary N) is 1. The van der Waals surface area contributed by atoms with Gasteiger partial charge in [-0.3, -0.25) is 4.79 Å². The molecule has 1 fully saturated rings. The van der Waals surface area contributed by atoms with Crippen molar-refractivity contribution in [2.45, 2.75) is 38.6 Å². The first-order valence-electron chi connectivity index (χ1n) is 6.31. The second-order valence-corrected chi connectivity index (χ2v) is 4.24. The maximum absolute atomic E-state index is 12.0. The maximum atomic E-state index is 12.0. The lowest BCUT2D eigenvalue weighted by atomic mass is 10.0. The Hall–Kier alpha value is -0.610. The number of ether oxygens (including phenoxy) is 1. The van der Waals surface area contributed by atoms with Gasteiger partial charge in [0.15, 0.2) is 0 Å². The number of hydrogen-bond donors (Lipinski definition) is 1. The normalized spacial score (nSPS) is 21.1. The molecule has 1 N–H and O–H groups in total. The Morgan fingerprint density at radius 2 is 2.31 bits per heavy atom. The quantitative estimate of drug-likeness (QED) is 0.690. The molecule has 4 heteroatoms. The van der Waals surface area contributed by atoms with Crippen LogP contribution in [-0.4, -0.2) is 50.2 Å². The van der Waals surface area contributed by atoms with Crippen molar-refractivity contribution in [3.05, 3.63) is 0 Å². The first-order chi connectivity index (χ1) is 7.79. The molecule has 0 bridgehead atoms. The van der Waals surface area contributed by atoms with Gasteiger partial charge in [-0.25, -0.2) is 0 Å². The summed E-state index contributed by atoms with van der Waals surface area (Å²) in [5, 5.41) is 3.16. The molecule has 1 saturated heterocycles. The second kappa shape index (κ2) is 7.63. The third-order valence-electron chi connectivity index (χ3n) is 3.05. The Morgan fingerprint density at radius 1 is 1.50 bits per heavy atom. The van der Waals surface area contributed by atoms with Crippen molar-refractivity contribution >= 4 is 5.91 Å². The van der Waals surface area contributed by atoms with Gasteiger partial charge >= 0.3 is 0 Å². The fourth-order valence-electron chi connectivity index (χ4n) is 2.22. The molecule has 1 aliphatic rings. The molecule has 1 rings (SSSR count). The van der Waals surface area contributed by atoms with Crippen LogP contribution in [0.3, 0.4) is 0 Å². The van der Waals surface area contributed by atoms with Gasteiger partial charge in [0.1, 0.15) is 0 Å². The van der Waals surface area contributed by atoms with Crippen LogP contribution in [0.15, 0.2) is 0 Å². The average Bonchev–Trinajstić information content (AvgIpc) is 2.30. The fraction of sp³-hybridized carbons (Fsp3) is 0.917. The van der Waals surface area contributed by atoms with Gasteiger partial charge in [-0.1, -0.05) is 0 Å². The number of carbonyl (C=O) groups is 1. The molecule has 16 heavy (non-hydrogen) atoms. The molecule has 4 nitrogen and oxygen atoms in total. The zero-order chi connectivity index (χ0) is 11.8. The topological polar surface area (TPSA) is 41.6 Å². The van der Waals surface area contributed by atoms with Crippen molar-refractivity contribution in [3.63, 3.8) is 0 Å². The summed E-state index contributed by atoms with van der Waals surface area (Å²) < 4.78 is 5.23.